The second-order valence-electron chi connectivity index (χ2n) is 1.53. The number of carboxylic acids is 2. The van der Waals surface area contributed by atoms with E-state index in [1.165, 1.54) is 0 Å². The zero-order chi connectivity index (χ0) is 8.31. The first-order valence-electron chi connectivity index (χ1n) is 2.24. The molecule has 0 aliphatic rings. The van der Waals surface area contributed by atoms with Gasteiger partial charge in [0, 0.05) is 0 Å². The largest absolute Gasteiger partial charge is 3.00 e. The molecule has 6 nitrogen and oxygen atoms in total. The Balaban J connectivity index is -0.000000405. The van der Waals surface area contributed by atoms with Crippen LogP contribution in [0.25, 0.3) is 0 Å². The molecule has 0 amide bonds. The molecule has 0 spiro atoms. The molecule has 0 aromatic heterocycles. The molecule has 2 unspecified atom stereocenters. The third-order valence-electron chi connectivity index (χ3n) is 0.782. The summed E-state index contributed by atoms with van der Waals surface area (Å²) in [6, 6.07) is 0. The van der Waals surface area contributed by atoms with Crippen LogP contribution >= 0.6 is 0 Å². The van der Waals surface area contributed by atoms with Crippen molar-refractivity contribution in [1.29, 1.82) is 0 Å². The van der Waals surface area contributed by atoms with Gasteiger partial charge >= 0.3 is 40.4 Å². The summed E-state index contributed by atoms with van der Waals surface area (Å²) in [4.78, 5) is 19.3. The van der Waals surface area contributed by atoms with Gasteiger partial charge in [0.1, 0.15) is 12.2 Å². The fourth-order valence-electron chi connectivity index (χ4n) is 0.258. The zero-order valence-electron chi connectivity index (χ0n) is 5.97. The third-order valence-corrected chi connectivity index (χ3v) is 0.782. The monoisotopic (exact) mass is 199 g/mol. The van der Waals surface area contributed by atoms with Crippen molar-refractivity contribution >= 4 is 52.4 Å². The van der Waals surface area contributed by atoms with Gasteiger partial charge in [-0.25, -0.2) is 0 Å². The first-order chi connectivity index (χ1) is 4.46. The zero-order valence-corrected chi connectivity index (χ0v) is 8.54. The molecule has 58 valence electrons. The Labute approximate surface area is 94.5 Å². The van der Waals surface area contributed by atoms with E-state index in [-0.39, 0.29) is 40.4 Å². The molecule has 0 aliphatic carbocycles. The van der Waals surface area contributed by atoms with E-state index in [1.807, 2.05) is 0 Å². The Morgan fingerprint density at radius 2 is 1.17 bits per heavy atom. The van der Waals surface area contributed by atoms with Crippen LogP contribution in [0.3, 0.4) is 0 Å². The molecule has 0 fully saturated rings. The maximum Gasteiger partial charge on any atom is 3.00 e. The maximum absolute atomic E-state index is 9.63. The summed E-state index contributed by atoms with van der Waals surface area (Å²) in [6.07, 6.45) is -4.88. The smallest absolute Gasteiger partial charge is 0.547 e. The molecule has 0 aromatic carbocycles. The molecule has 12 heavy (non-hydrogen) atoms. The average molecular weight is 199 g/mol. The number of aliphatic hydroxyl groups excluding tert-OH is 2. The Morgan fingerprint density at radius 3 is 1.25 bits per heavy atom. The minimum Gasteiger partial charge on any atom is -0.547 e. The van der Waals surface area contributed by atoms with Crippen LogP contribution in [0.5, 0.6) is 0 Å². The summed E-state index contributed by atoms with van der Waals surface area (Å²) in [5.41, 5.74) is 0. The van der Waals surface area contributed by atoms with Gasteiger partial charge in [0.2, 0.25) is 0 Å². The van der Waals surface area contributed by atoms with Crippen molar-refractivity contribution in [2.45, 2.75) is 12.2 Å². The van der Waals surface area contributed by atoms with Crippen LogP contribution in [-0.4, -0.2) is 74.8 Å². The molecule has 0 heterocycles. The van der Waals surface area contributed by atoms with E-state index in [1.54, 1.807) is 0 Å². The van der Waals surface area contributed by atoms with Crippen LogP contribution in [0.15, 0.2) is 0 Å². The molecule has 0 radical (unpaired) electrons. The van der Waals surface area contributed by atoms with Crippen molar-refractivity contribution in [3.63, 3.8) is 0 Å². The number of hydrogen-bond donors (Lipinski definition) is 2. The molecule has 8 heteroatoms. The Kier molecular flexibility index (Phi) is 11.7. The minimum absolute atomic E-state index is 0. The van der Waals surface area contributed by atoms with E-state index in [0.717, 1.165) is 0 Å². The topological polar surface area (TPSA) is 121 Å². The maximum atomic E-state index is 9.63. The Morgan fingerprint density at radius 1 is 1.00 bits per heavy atom. The van der Waals surface area contributed by atoms with Crippen molar-refractivity contribution in [2.24, 2.45) is 0 Å². The van der Waals surface area contributed by atoms with Gasteiger partial charge in [-0.3, -0.25) is 0 Å². The van der Waals surface area contributed by atoms with E-state index in [0.29, 0.717) is 0 Å². The molecule has 0 aromatic rings. The Bertz CT molecular complexity index is 144. The van der Waals surface area contributed by atoms with Crippen molar-refractivity contribution in [1.82, 2.24) is 0 Å². The van der Waals surface area contributed by atoms with Crippen LogP contribution in [0.2, 0.25) is 0 Å². The summed E-state index contributed by atoms with van der Waals surface area (Å²) in [7, 11) is 0. The van der Waals surface area contributed by atoms with Crippen LogP contribution in [-0.2, 0) is 9.59 Å². The van der Waals surface area contributed by atoms with Gasteiger partial charge in [0.25, 0.3) is 0 Å². The number of aliphatic hydroxyl groups is 2. The molecular formula is C4H4AlMgO6+3. The summed E-state index contributed by atoms with van der Waals surface area (Å²) in [5.74, 6) is -4.12. The third kappa shape index (κ3) is 5.76. The summed E-state index contributed by atoms with van der Waals surface area (Å²) in [5, 5.41) is 35.7. The first kappa shape index (κ1) is 18.0. The quantitative estimate of drug-likeness (QED) is 0.437. The van der Waals surface area contributed by atoms with Gasteiger partial charge in [0.05, 0.1) is 11.9 Å². The Hall–Kier alpha value is 0.159. The fourth-order valence-corrected chi connectivity index (χ4v) is 0.258. The molecule has 0 saturated heterocycles. The normalized spacial score (nSPS) is 13.2. The fraction of sp³-hybridized carbons (Fsp3) is 0.500. The molecule has 2 atom stereocenters. The molecular weight excluding hydrogens is 195 g/mol. The van der Waals surface area contributed by atoms with Gasteiger partial charge in [0.15, 0.2) is 0 Å². The van der Waals surface area contributed by atoms with E-state index in [9.17, 15) is 19.8 Å². The predicted octanol–water partition coefficient (Wildman–Crippen LogP) is -5.55. The van der Waals surface area contributed by atoms with E-state index in [4.69, 9.17) is 10.2 Å². The van der Waals surface area contributed by atoms with Crippen molar-refractivity contribution < 1.29 is 30.0 Å². The van der Waals surface area contributed by atoms with Gasteiger partial charge in [-0.05, 0) is 0 Å². The number of rotatable bonds is 3. The average Bonchev–Trinajstić information content (AvgIpc) is 1.84. The molecule has 0 saturated carbocycles. The summed E-state index contributed by atoms with van der Waals surface area (Å²) in [6.45, 7) is 0. The van der Waals surface area contributed by atoms with Gasteiger partial charge < -0.3 is 30.0 Å². The van der Waals surface area contributed by atoms with Crippen LogP contribution in [0, 0.1) is 0 Å². The van der Waals surface area contributed by atoms with Gasteiger partial charge in [-0.2, -0.15) is 0 Å². The SMILES string of the molecule is O=C([O-])C(O)C(O)C(=O)[O-].[Al+3].[Mg+2]. The molecule has 0 rings (SSSR count). The van der Waals surface area contributed by atoms with Crippen molar-refractivity contribution in [2.75, 3.05) is 0 Å². The van der Waals surface area contributed by atoms with Gasteiger partial charge in [-0.1, -0.05) is 0 Å². The standard InChI is InChI=1S/C4H6O6.Al.Mg/c5-1(3(7)8)2(6)4(9)10;;/h1-2,5-6H,(H,7,8)(H,9,10);;/q;+3;+2/p-2. The van der Waals surface area contributed by atoms with Crippen LogP contribution in [0.4, 0.5) is 0 Å². The van der Waals surface area contributed by atoms with Gasteiger partial charge in [-0.15, -0.1) is 0 Å². The predicted molar refractivity (Wildman–Crippen MR) is 33.5 cm³/mol. The van der Waals surface area contributed by atoms with Crippen LogP contribution < -0.4 is 10.2 Å². The molecule has 2 N–H and O–H groups in total. The minimum atomic E-state index is -2.44. The second-order valence-corrected chi connectivity index (χ2v) is 1.53. The van der Waals surface area contributed by atoms with Crippen LogP contribution in [0.1, 0.15) is 0 Å². The second kappa shape index (κ2) is 7.79. The number of aliphatic carboxylic acids is 2. The van der Waals surface area contributed by atoms with E-state index in [2.05, 4.69) is 0 Å². The van der Waals surface area contributed by atoms with E-state index < -0.39 is 24.1 Å². The first-order valence-corrected chi connectivity index (χ1v) is 2.24. The van der Waals surface area contributed by atoms with Crippen molar-refractivity contribution in [3.05, 3.63) is 0 Å². The number of hydrogen-bond acceptors (Lipinski definition) is 6. The number of carbonyl (C=O) groups is 2. The number of carbonyl (C=O) groups excluding carboxylic acids is 2. The van der Waals surface area contributed by atoms with E-state index >= 15 is 0 Å². The van der Waals surface area contributed by atoms with Crippen molar-refractivity contribution in [3.8, 4) is 0 Å². The molecule has 0 bridgehead atoms. The molecule has 0 aliphatic heterocycles. The summed E-state index contributed by atoms with van der Waals surface area (Å²) >= 11 is 0. The number of carboxylic acid groups (broad SMARTS) is 2. The summed E-state index contributed by atoms with van der Waals surface area (Å²) < 4.78 is 0.